The van der Waals surface area contributed by atoms with E-state index in [1.807, 2.05) is 6.92 Å². The molecule has 3 nitrogen and oxygen atoms in total. The second-order valence-corrected chi connectivity index (χ2v) is 3.74. The molecule has 0 bridgehead atoms. The number of benzene rings is 1. The van der Waals surface area contributed by atoms with Crippen LogP contribution in [-0.2, 0) is 0 Å². The number of halogens is 1. The minimum atomic E-state index is -0.220. The van der Waals surface area contributed by atoms with Gasteiger partial charge < -0.3 is 10.1 Å². The number of aryl methyl sites for hydroxylation is 1. The molecule has 0 spiro atoms. The summed E-state index contributed by atoms with van der Waals surface area (Å²) in [5.41, 5.74) is 1.27. The molecule has 4 heteroatoms. The average Bonchev–Trinajstić information content (AvgIpc) is 2.24. The van der Waals surface area contributed by atoms with Crippen molar-refractivity contribution in [3.8, 4) is 5.75 Å². The van der Waals surface area contributed by atoms with Gasteiger partial charge in [0.1, 0.15) is 5.75 Å². The third-order valence-corrected chi connectivity index (χ3v) is 2.31. The number of hydrogen-bond acceptors (Lipinski definition) is 2. The fourth-order valence-electron chi connectivity index (χ4n) is 1.43. The summed E-state index contributed by atoms with van der Waals surface area (Å²) in [4.78, 5) is 11.8. The average molecular weight is 240 g/mol. The van der Waals surface area contributed by atoms with Gasteiger partial charge in [-0.15, -0.1) is 6.58 Å². The van der Waals surface area contributed by atoms with E-state index in [4.69, 9.17) is 16.3 Å². The van der Waals surface area contributed by atoms with Crippen molar-refractivity contribution < 1.29 is 9.53 Å². The van der Waals surface area contributed by atoms with Gasteiger partial charge in [0, 0.05) is 11.6 Å². The highest BCUT2D eigenvalue weighted by Crippen LogP contribution is 2.27. The van der Waals surface area contributed by atoms with E-state index in [9.17, 15) is 4.79 Å². The molecule has 0 fully saturated rings. The van der Waals surface area contributed by atoms with Crippen molar-refractivity contribution in [3.63, 3.8) is 0 Å². The Kier molecular flexibility index (Phi) is 4.38. The van der Waals surface area contributed by atoms with Crippen molar-refractivity contribution in [2.24, 2.45) is 0 Å². The van der Waals surface area contributed by atoms with E-state index in [1.54, 1.807) is 18.2 Å². The Hall–Kier alpha value is -1.48. The van der Waals surface area contributed by atoms with E-state index in [-0.39, 0.29) is 5.91 Å². The van der Waals surface area contributed by atoms with Gasteiger partial charge in [0.15, 0.2) is 0 Å². The number of ether oxygens (including phenoxy) is 1. The van der Waals surface area contributed by atoms with Crippen LogP contribution in [-0.4, -0.2) is 19.6 Å². The maximum absolute atomic E-state index is 11.8. The van der Waals surface area contributed by atoms with E-state index in [1.165, 1.54) is 7.11 Å². The van der Waals surface area contributed by atoms with E-state index in [0.29, 0.717) is 22.9 Å². The van der Waals surface area contributed by atoms with Crippen LogP contribution in [0, 0.1) is 6.92 Å². The zero-order valence-corrected chi connectivity index (χ0v) is 10.1. The molecule has 0 aliphatic heterocycles. The summed E-state index contributed by atoms with van der Waals surface area (Å²) in [5, 5.41) is 3.20. The minimum Gasteiger partial charge on any atom is -0.496 e. The van der Waals surface area contributed by atoms with Gasteiger partial charge in [0.25, 0.3) is 5.91 Å². The Morgan fingerprint density at radius 2 is 2.31 bits per heavy atom. The molecule has 0 radical (unpaired) electrons. The monoisotopic (exact) mass is 239 g/mol. The summed E-state index contributed by atoms with van der Waals surface area (Å²) in [6.45, 7) is 5.78. The van der Waals surface area contributed by atoms with Crippen LogP contribution in [0.1, 0.15) is 15.9 Å². The van der Waals surface area contributed by atoms with Gasteiger partial charge in [0.05, 0.1) is 12.7 Å². The van der Waals surface area contributed by atoms with Crippen LogP contribution in [0.5, 0.6) is 5.75 Å². The maximum atomic E-state index is 11.8. The SMILES string of the molecule is C=CCNC(=O)c1cc(Cl)cc(C)c1OC. The molecule has 1 aromatic rings. The molecule has 0 heterocycles. The van der Waals surface area contributed by atoms with Gasteiger partial charge in [-0.2, -0.15) is 0 Å². The summed E-state index contributed by atoms with van der Waals surface area (Å²) in [6, 6.07) is 3.34. The molecule has 0 saturated carbocycles. The summed E-state index contributed by atoms with van der Waals surface area (Å²) < 4.78 is 5.19. The van der Waals surface area contributed by atoms with Crippen molar-refractivity contribution in [1.29, 1.82) is 0 Å². The summed E-state index contributed by atoms with van der Waals surface area (Å²) >= 11 is 5.90. The van der Waals surface area contributed by atoms with Gasteiger partial charge in [-0.3, -0.25) is 4.79 Å². The zero-order valence-electron chi connectivity index (χ0n) is 9.34. The first kappa shape index (κ1) is 12.6. The number of hydrogen-bond donors (Lipinski definition) is 1. The quantitative estimate of drug-likeness (QED) is 0.821. The molecule has 16 heavy (non-hydrogen) atoms. The van der Waals surface area contributed by atoms with Crippen LogP contribution < -0.4 is 10.1 Å². The highest BCUT2D eigenvalue weighted by Gasteiger charge is 2.14. The maximum Gasteiger partial charge on any atom is 0.255 e. The second kappa shape index (κ2) is 5.56. The van der Waals surface area contributed by atoms with E-state index in [0.717, 1.165) is 5.56 Å². The van der Waals surface area contributed by atoms with Crippen LogP contribution >= 0.6 is 11.6 Å². The molecule has 0 atom stereocenters. The predicted octanol–water partition coefficient (Wildman–Crippen LogP) is 2.57. The molecule has 86 valence electrons. The number of carbonyl (C=O) groups excluding carboxylic acids is 1. The van der Waals surface area contributed by atoms with E-state index < -0.39 is 0 Å². The van der Waals surface area contributed by atoms with E-state index >= 15 is 0 Å². The van der Waals surface area contributed by atoms with Crippen molar-refractivity contribution in [3.05, 3.63) is 40.9 Å². The normalized spacial score (nSPS) is 9.69. The molecule has 1 aromatic carbocycles. The third kappa shape index (κ3) is 2.76. The number of rotatable bonds is 4. The first-order chi connectivity index (χ1) is 7.60. The first-order valence-corrected chi connectivity index (χ1v) is 5.21. The zero-order chi connectivity index (χ0) is 12.1. The second-order valence-electron chi connectivity index (χ2n) is 3.30. The van der Waals surface area contributed by atoms with Crippen molar-refractivity contribution in [2.45, 2.75) is 6.92 Å². The first-order valence-electron chi connectivity index (χ1n) is 4.83. The summed E-state index contributed by atoms with van der Waals surface area (Å²) in [5.74, 6) is 0.327. The fourth-order valence-corrected chi connectivity index (χ4v) is 1.70. The summed E-state index contributed by atoms with van der Waals surface area (Å²) in [7, 11) is 1.53. The third-order valence-electron chi connectivity index (χ3n) is 2.10. The minimum absolute atomic E-state index is 0.220. The van der Waals surface area contributed by atoms with Crippen LogP contribution in [0.4, 0.5) is 0 Å². The molecular formula is C12H14ClNO2. The number of nitrogens with one attached hydrogen (secondary N) is 1. The highest BCUT2D eigenvalue weighted by atomic mass is 35.5. The van der Waals surface area contributed by atoms with Gasteiger partial charge in [-0.1, -0.05) is 17.7 Å². The predicted molar refractivity (Wildman–Crippen MR) is 65.3 cm³/mol. The number of carbonyl (C=O) groups is 1. The van der Waals surface area contributed by atoms with Crippen molar-refractivity contribution in [2.75, 3.05) is 13.7 Å². The standard InChI is InChI=1S/C12H14ClNO2/c1-4-5-14-12(15)10-7-9(13)6-8(2)11(10)16-3/h4,6-7H,1,5H2,2-3H3,(H,14,15). The molecule has 0 aromatic heterocycles. The fraction of sp³-hybridized carbons (Fsp3) is 0.250. The number of amides is 1. The lowest BCUT2D eigenvalue weighted by atomic mass is 10.1. The molecule has 0 aliphatic carbocycles. The smallest absolute Gasteiger partial charge is 0.255 e. The Labute approximate surface area is 100 Å². The topological polar surface area (TPSA) is 38.3 Å². The molecule has 1 amide bonds. The highest BCUT2D eigenvalue weighted by molar-refractivity contribution is 6.31. The summed E-state index contributed by atoms with van der Waals surface area (Å²) in [6.07, 6.45) is 1.61. The largest absolute Gasteiger partial charge is 0.496 e. The van der Waals surface area contributed by atoms with Crippen LogP contribution in [0.3, 0.4) is 0 Å². The molecule has 1 rings (SSSR count). The van der Waals surface area contributed by atoms with Crippen molar-refractivity contribution >= 4 is 17.5 Å². The molecule has 0 saturated heterocycles. The lowest BCUT2D eigenvalue weighted by Crippen LogP contribution is -2.24. The van der Waals surface area contributed by atoms with Gasteiger partial charge in [-0.05, 0) is 24.6 Å². The Bertz CT molecular complexity index is 416. The molecular weight excluding hydrogens is 226 g/mol. The molecule has 1 N–H and O–H groups in total. The van der Waals surface area contributed by atoms with Gasteiger partial charge >= 0.3 is 0 Å². The van der Waals surface area contributed by atoms with E-state index in [2.05, 4.69) is 11.9 Å². The van der Waals surface area contributed by atoms with Crippen molar-refractivity contribution in [1.82, 2.24) is 5.32 Å². The van der Waals surface area contributed by atoms with Gasteiger partial charge in [-0.25, -0.2) is 0 Å². The Morgan fingerprint density at radius 3 is 2.88 bits per heavy atom. The van der Waals surface area contributed by atoms with Crippen LogP contribution in [0.2, 0.25) is 5.02 Å². The molecule has 0 aliphatic rings. The van der Waals surface area contributed by atoms with Gasteiger partial charge in [0.2, 0.25) is 0 Å². The Balaban J connectivity index is 3.10. The lowest BCUT2D eigenvalue weighted by Gasteiger charge is -2.11. The van der Waals surface area contributed by atoms with Crippen LogP contribution in [0.15, 0.2) is 24.8 Å². The Morgan fingerprint density at radius 1 is 1.62 bits per heavy atom. The number of methoxy groups -OCH3 is 1. The lowest BCUT2D eigenvalue weighted by molar-refractivity contribution is 0.0955. The van der Waals surface area contributed by atoms with Crippen LogP contribution in [0.25, 0.3) is 0 Å². The molecule has 0 unspecified atom stereocenters.